The highest BCUT2D eigenvalue weighted by molar-refractivity contribution is 7.92. The maximum atomic E-state index is 12.0. The molecule has 0 radical (unpaired) electrons. The van der Waals surface area contributed by atoms with E-state index in [4.69, 9.17) is 0 Å². The van der Waals surface area contributed by atoms with Gasteiger partial charge in [-0.05, 0) is 39.3 Å². The Kier molecular flexibility index (Phi) is 5.36. The molecule has 0 aromatic carbocycles. The highest BCUT2D eigenvalue weighted by atomic mass is 32.2. The van der Waals surface area contributed by atoms with E-state index >= 15 is 0 Å². The van der Waals surface area contributed by atoms with Crippen LogP contribution in [-0.2, 0) is 22.7 Å². The first kappa shape index (κ1) is 14.9. The Morgan fingerprint density at radius 3 is 3.05 bits per heavy atom. The molecule has 1 N–H and O–H groups in total. The van der Waals surface area contributed by atoms with E-state index in [1.54, 1.807) is 11.3 Å². The molecular weight excluding hydrogens is 280 g/mol. The zero-order valence-electron chi connectivity index (χ0n) is 11.4. The zero-order valence-corrected chi connectivity index (χ0v) is 13.0. The van der Waals surface area contributed by atoms with E-state index in [0.29, 0.717) is 12.2 Å². The summed E-state index contributed by atoms with van der Waals surface area (Å²) in [5.41, 5.74) is 0. The average Bonchev–Trinajstić information content (AvgIpc) is 2.80. The molecule has 1 saturated heterocycles. The van der Waals surface area contributed by atoms with E-state index in [-0.39, 0.29) is 5.25 Å². The van der Waals surface area contributed by atoms with Crippen LogP contribution in [0.1, 0.15) is 35.6 Å². The fraction of sp³-hybridized carbons (Fsp3) is 0.769. The molecule has 1 aromatic heterocycles. The molecule has 0 spiro atoms. The minimum absolute atomic E-state index is 0.197. The lowest BCUT2D eigenvalue weighted by atomic mass is 10.1. The van der Waals surface area contributed by atoms with Crippen molar-refractivity contribution in [2.75, 3.05) is 19.3 Å². The van der Waals surface area contributed by atoms with Gasteiger partial charge in [0.2, 0.25) is 0 Å². The Labute approximate surface area is 119 Å². The van der Waals surface area contributed by atoms with Gasteiger partial charge >= 0.3 is 0 Å². The van der Waals surface area contributed by atoms with Gasteiger partial charge in [-0.15, -0.1) is 11.3 Å². The molecule has 4 nitrogen and oxygen atoms in total. The van der Waals surface area contributed by atoms with Crippen molar-refractivity contribution in [1.29, 1.82) is 0 Å². The van der Waals surface area contributed by atoms with Crippen LogP contribution in [0.5, 0.6) is 0 Å². The van der Waals surface area contributed by atoms with Gasteiger partial charge in [0.1, 0.15) is 0 Å². The summed E-state index contributed by atoms with van der Waals surface area (Å²) in [4.78, 5) is 5.65. The summed E-state index contributed by atoms with van der Waals surface area (Å²) < 4.78 is 23.9. The lowest BCUT2D eigenvalue weighted by Crippen LogP contribution is -2.30. The molecular formula is C13H22N2O2S2. The van der Waals surface area contributed by atoms with Gasteiger partial charge in [0.05, 0.1) is 16.0 Å². The number of aryl methyl sites for hydroxylation is 1. The molecule has 1 unspecified atom stereocenters. The van der Waals surface area contributed by atoms with Crippen molar-refractivity contribution < 1.29 is 8.42 Å². The van der Waals surface area contributed by atoms with Crippen LogP contribution in [-0.4, -0.2) is 38.0 Å². The predicted octanol–water partition coefficient (Wildman–Crippen LogP) is 1.80. The lowest BCUT2D eigenvalue weighted by Gasteiger charge is -2.21. The number of hydrogen-bond donors (Lipinski definition) is 1. The molecule has 2 rings (SSSR count). The van der Waals surface area contributed by atoms with Crippen molar-refractivity contribution in [1.82, 2.24) is 10.3 Å². The van der Waals surface area contributed by atoms with Gasteiger partial charge in [0, 0.05) is 17.5 Å². The molecule has 1 fully saturated rings. The monoisotopic (exact) mass is 302 g/mol. The number of nitrogens with zero attached hydrogens (tertiary/aromatic N) is 1. The standard InChI is InChI=1S/C13H22N2O2S2/c1-14-7-4-5-11-10-15-13(18-11)9-12-6-2-3-8-19(12,16)17/h10,12,14H,2-9H2,1H3. The predicted molar refractivity (Wildman–Crippen MR) is 79.5 cm³/mol. The van der Waals surface area contributed by atoms with Gasteiger partial charge in [0.25, 0.3) is 0 Å². The molecule has 1 aliphatic rings. The highest BCUT2D eigenvalue weighted by Gasteiger charge is 2.29. The number of rotatable bonds is 6. The van der Waals surface area contributed by atoms with Gasteiger partial charge in [-0.2, -0.15) is 0 Å². The second kappa shape index (κ2) is 6.81. The SMILES string of the molecule is CNCCCc1cnc(CC2CCCCS2(=O)=O)s1. The van der Waals surface area contributed by atoms with E-state index in [2.05, 4.69) is 10.3 Å². The van der Waals surface area contributed by atoms with Gasteiger partial charge in [-0.25, -0.2) is 13.4 Å². The van der Waals surface area contributed by atoms with E-state index < -0.39 is 9.84 Å². The maximum absolute atomic E-state index is 12.0. The molecule has 2 heterocycles. The fourth-order valence-corrected chi connectivity index (χ4v) is 5.47. The zero-order chi connectivity index (χ0) is 13.7. The Morgan fingerprint density at radius 2 is 2.32 bits per heavy atom. The summed E-state index contributed by atoms with van der Waals surface area (Å²) in [6.45, 7) is 1.00. The Bertz CT molecular complexity index is 496. The molecule has 1 aromatic rings. The molecule has 6 heteroatoms. The normalized spacial score (nSPS) is 22.5. The van der Waals surface area contributed by atoms with Gasteiger partial charge in [-0.3, -0.25) is 0 Å². The minimum atomic E-state index is -2.88. The Balaban J connectivity index is 1.92. The fourth-order valence-electron chi connectivity index (χ4n) is 2.44. The number of thiazole rings is 1. The van der Waals surface area contributed by atoms with Crippen LogP contribution >= 0.6 is 11.3 Å². The van der Waals surface area contributed by atoms with Crippen LogP contribution in [0.2, 0.25) is 0 Å². The number of hydrogen-bond acceptors (Lipinski definition) is 5. The highest BCUT2D eigenvalue weighted by Crippen LogP contribution is 2.25. The quantitative estimate of drug-likeness (QED) is 0.814. The van der Waals surface area contributed by atoms with Crippen molar-refractivity contribution in [3.63, 3.8) is 0 Å². The third kappa shape index (κ3) is 4.26. The van der Waals surface area contributed by atoms with E-state index in [0.717, 1.165) is 43.7 Å². The first-order valence-corrected chi connectivity index (χ1v) is 9.45. The summed E-state index contributed by atoms with van der Waals surface area (Å²) >= 11 is 1.67. The smallest absolute Gasteiger partial charge is 0.153 e. The lowest BCUT2D eigenvalue weighted by molar-refractivity contribution is 0.537. The Morgan fingerprint density at radius 1 is 1.47 bits per heavy atom. The van der Waals surface area contributed by atoms with Gasteiger partial charge in [-0.1, -0.05) is 6.42 Å². The molecule has 1 atom stereocenters. The summed E-state index contributed by atoms with van der Waals surface area (Å²) in [7, 11) is -0.926. The van der Waals surface area contributed by atoms with Crippen molar-refractivity contribution in [2.24, 2.45) is 0 Å². The van der Waals surface area contributed by atoms with Crippen LogP contribution in [0, 0.1) is 0 Å². The second-order valence-electron chi connectivity index (χ2n) is 5.12. The van der Waals surface area contributed by atoms with Gasteiger partial charge < -0.3 is 5.32 Å². The molecule has 0 saturated carbocycles. The molecule has 1 aliphatic heterocycles. The third-order valence-corrected chi connectivity index (χ3v) is 6.92. The van der Waals surface area contributed by atoms with Crippen molar-refractivity contribution >= 4 is 21.2 Å². The Hall–Kier alpha value is -0.460. The number of nitrogens with one attached hydrogen (secondary N) is 1. The molecule has 0 bridgehead atoms. The largest absolute Gasteiger partial charge is 0.320 e. The van der Waals surface area contributed by atoms with E-state index in [9.17, 15) is 8.42 Å². The van der Waals surface area contributed by atoms with Crippen molar-refractivity contribution in [2.45, 2.75) is 43.8 Å². The molecule has 108 valence electrons. The van der Waals surface area contributed by atoms with Crippen LogP contribution in [0.25, 0.3) is 0 Å². The topological polar surface area (TPSA) is 59.1 Å². The van der Waals surface area contributed by atoms with Crippen LogP contribution < -0.4 is 5.32 Å². The molecule has 19 heavy (non-hydrogen) atoms. The van der Waals surface area contributed by atoms with Crippen LogP contribution in [0.3, 0.4) is 0 Å². The number of sulfone groups is 1. The first-order chi connectivity index (χ1) is 9.12. The van der Waals surface area contributed by atoms with Crippen molar-refractivity contribution in [3.05, 3.63) is 16.1 Å². The van der Waals surface area contributed by atoms with E-state index in [1.165, 1.54) is 4.88 Å². The van der Waals surface area contributed by atoms with Crippen LogP contribution in [0.15, 0.2) is 6.20 Å². The van der Waals surface area contributed by atoms with E-state index in [1.807, 2.05) is 13.2 Å². The minimum Gasteiger partial charge on any atom is -0.320 e. The average molecular weight is 302 g/mol. The molecule has 0 amide bonds. The summed E-state index contributed by atoms with van der Waals surface area (Å²) in [6.07, 6.45) is 7.30. The maximum Gasteiger partial charge on any atom is 0.153 e. The summed E-state index contributed by atoms with van der Waals surface area (Å²) in [6, 6.07) is 0. The summed E-state index contributed by atoms with van der Waals surface area (Å²) in [5.74, 6) is 0.359. The second-order valence-corrected chi connectivity index (χ2v) is 8.72. The molecule has 0 aliphatic carbocycles. The van der Waals surface area contributed by atoms with Gasteiger partial charge in [0.15, 0.2) is 9.84 Å². The van der Waals surface area contributed by atoms with Crippen LogP contribution in [0.4, 0.5) is 0 Å². The number of aromatic nitrogens is 1. The summed E-state index contributed by atoms with van der Waals surface area (Å²) in [5, 5.41) is 3.91. The first-order valence-electron chi connectivity index (χ1n) is 6.91. The van der Waals surface area contributed by atoms with Crippen molar-refractivity contribution in [3.8, 4) is 0 Å². The third-order valence-electron chi connectivity index (χ3n) is 3.57.